The summed E-state index contributed by atoms with van der Waals surface area (Å²) >= 11 is 0. The Bertz CT molecular complexity index is 652. The second-order valence-corrected chi connectivity index (χ2v) is 6.82. The fourth-order valence-corrected chi connectivity index (χ4v) is 4.10. The standard InChI is InChI=1S/C22H29NO/c1-4-15-23(17(2)18-9-6-5-7-10-18)20-13-14-21-19(16-20)11-8-12-22(21)24-3/h5-12,17,20H,4,13-16H2,1-3H3/t17-,20+/m1/s1. The van der Waals surface area contributed by atoms with Crippen LogP contribution in [0.3, 0.4) is 0 Å². The van der Waals surface area contributed by atoms with Gasteiger partial charge in [0.15, 0.2) is 0 Å². The van der Waals surface area contributed by atoms with Crippen molar-refractivity contribution in [3.8, 4) is 5.75 Å². The Labute approximate surface area is 146 Å². The van der Waals surface area contributed by atoms with Gasteiger partial charge in [-0.1, -0.05) is 49.4 Å². The molecule has 0 radical (unpaired) electrons. The van der Waals surface area contributed by atoms with Crippen molar-refractivity contribution in [3.63, 3.8) is 0 Å². The maximum absolute atomic E-state index is 5.56. The second-order valence-electron chi connectivity index (χ2n) is 6.82. The summed E-state index contributed by atoms with van der Waals surface area (Å²) in [6.45, 7) is 5.79. The number of methoxy groups -OCH3 is 1. The van der Waals surface area contributed by atoms with E-state index in [1.165, 1.54) is 29.5 Å². The lowest BCUT2D eigenvalue weighted by Gasteiger charge is -2.39. The van der Waals surface area contributed by atoms with Gasteiger partial charge in [-0.3, -0.25) is 4.90 Å². The number of rotatable bonds is 6. The lowest BCUT2D eigenvalue weighted by molar-refractivity contribution is 0.130. The van der Waals surface area contributed by atoms with Crippen molar-refractivity contribution in [2.45, 2.75) is 51.6 Å². The summed E-state index contributed by atoms with van der Waals surface area (Å²) in [4.78, 5) is 2.71. The summed E-state index contributed by atoms with van der Waals surface area (Å²) in [6, 6.07) is 18.5. The van der Waals surface area contributed by atoms with Crippen LogP contribution >= 0.6 is 0 Å². The highest BCUT2D eigenvalue weighted by molar-refractivity contribution is 5.42. The molecule has 2 nitrogen and oxygen atoms in total. The number of nitrogens with zero attached hydrogens (tertiary/aromatic N) is 1. The van der Waals surface area contributed by atoms with Crippen molar-refractivity contribution in [1.82, 2.24) is 4.90 Å². The molecule has 2 atom stereocenters. The zero-order valence-corrected chi connectivity index (χ0v) is 15.2. The maximum Gasteiger partial charge on any atom is 0.122 e. The van der Waals surface area contributed by atoms with E-state index in [0.717, 1.165) is 25.1 Å². The molecule has 24 heavy (non-hydrogen) atoms. The molecule has 0 heterocycles. The molecule has 0 N–H and O–H groups in total. The van der Waals surface area contributed by atoms with Crippen molar-refractivity contribution >= 4 is 0 Å². The molecular weight excluding hydrogens is 294 g/mol. The molecule has 0 aromatic heterocycles. The maximum atomic E-state index is 5.56. The van der Waals surface area contributed by atoms with Crippen LogP contribution in [0.4, 0.5) is 0 Å². The van der Waals surface area contributed by atoms with Gasteiger partial charge in [0.05, 0.1) is 7.11 Å². The van der Waals surface area contributed by atoms with Gasteiger partial charge in [0.25, 0.3) is 0 Å². The Balaban J connectivity index is 1.82. The lowest BCUT2D eigenvalue weighted by atomic mass is 9.86. The largest absolute Gasteiger partial charge is 0.496 e. The number of fused-ring (bicyclic) bond motifs is 1. The molecular formula is C22H29NO. The lowest BCUT2D eigenvalue weighted by Crippen LogP contribution is -2.41. The van der Waals surface area contributed by atoms with Gasteiger partial charge in [0.1, 0.15) is 5.75 Å². The molecule has 0 spiro atoms. The first kappa shape index (κ1) is 17.0. The van der Waals surface area contributed by atoms with E-state index < -0.39 is 0 Å². The fraction of sp³-hybridized carbons (Fsp3) is 0.455. The fourth-order valence-electron chi connectivity index (χ4n) is 4.10. The van der Waals surface area contributed by atoms with E-state index in [-0.39, 0.29) is 0 Å². The molecule has 2 heteroatoms. The zero-order valence-electron chi connectivity index (χ0n) is 15.2. The highest BCUT2D eigenvalue weighted by atomic mass is 16.5. The highest BCUT2D eigenvalue weighted by Gasteiger charge is 2.28. The molecule has 1 aliphatic carbocycles. The van der Waals surface area contributed by atoms with E-state index in [0.29, 0.717) is 12.1 Å². The summed E-state index contributed by atoms with van der Waals surface area (Å²) in [5, 5.41) is 0. The predicted molar refractivity (Wildman–Crippen MR) is 101 cm³/mol. The number of benzene rings is 2. The van der Waals surface area contributed by atoms with Gasteiger partial charge in [0, 0.05) is 12.1 Å². The normalized spacial score (nSPS) is 18.2. The van der Waals surface area contributed by atoms with Gasteiger partial charge >= 0.3 is 0 Å². The van der Waals surface area contributed by atoms with Crippen molar-refractivity contribution < 1.29 is 4.74 Å². The number of hydrogen-bond donors (Lipinski definition) is 0. The molecule has 0 saturated carbocycles. The van der Waals surface area contributed by atoms with Crippen LogP contribution in [0.1, 0.15) is 49.4 Å². The Morgan fingerprint density at radius 3 is 2.62 bits per heavy atom. The molecule has 0 amide bonds. The van der Waals surface area contributed by atoms with E-state index in [9.17, 15) is 0 Å². The van der Waals surface area contributed by atoms with Gasteiger partial charge in [-0.05, 0) is 61.9 Å². The third kappa shape index (κ3) is 3.49. The average molecular weight is 323 g/mol. The Kier molecular flexibility index (Phi) is 5.57. The minimum atomic E-state index is 0.461. The van der Waals surface area contributed by atoms with Crippen LogP contribution in [0.15, 0.2) is 48.5 Å². The minimum Gasteiger partial charge on any atom is -0.496 e. The summed E-state index contributed by atoms with van der Waals surface area (Å²) in [5.41, 5.74) is 4.30. The Morgan fingerprint density at radius 2 is 1.92 bits per heavy atom. The van der Waals surface area contributed by atoms with E-state index in [4.69, 9.17) is 4.74 Å². The van der Waals surface area contributed by atoms with Crippen molar-refractivity contribution in [2.75, 3.05) is 13.7 Å². The van der Waals surface area contributed by atoms with Gasteiger partial charge in [-0.2, -0.15) is 0 Å². The average Bonchev–Trinajstić information content (AvgIpc) is 2.65. The zero-order chi connectivity index (χ0) is 16.9. The summed E-state index contributed by atoms with van der Waals surface area (Å²) < 4.78 is 5.56. The monoisotopic (exact) mass is 323 g/mol. The van der Waals surface area contributed by atoms with Crippen LogP contribution in [-0.4, -0.2) is 24.6 Å². The van der Waals surface area contributed by atoms with Crippen LogP contribution in [0.2, 0.25) is 0 Å². The summed E-state index contributed by atoms with van der Waals surface area (Å²) in [5.74, 6) is 1.06. The molecule has 1 aliphatic rings. The molecule has 0 saturated heterocycles. The molecule has 2 aromatic rings. The predicted octanol–water partition coefficient (Wildman–Crippen LogP) is 5.03. The van der Waals surface area contributed by atoms with Gasteiger partial charge < -0.3 is 4.74 Å². The van der Waals surface area contributed by atoms with Crippen LogP contribution in [0.5, 0.6) is 5.75 Å². The first-order chi connectivity index (χ1) is 11.7. The summed E-state index contributed by atoms with van der Waals surface area (Å²) in [6.07, 6.45) is 4.65. The van der Waals surface area contributed by atoms with Crippen LogP contribution in [0.25, 0.3) is 0 Å². The third-order valence-electron chi connectivity index (χ3n) is 5.36. The molecule has 0 fully saturated rings. The van der Waals surface area contributed by atoms with Crippen LogP contribution < -0.4 is 4.74 Å². The molecule has 0 bridgehead atoms. The topological polar surface area (TPSA) is 12.5 Å². The molecule has 3 rings (SSSR count). The van der Waals surface area contributed by atoms with E-state index in [1.807, 2.05) is 0 Å². The van der Waals surface area contributed by atoms with Gasteiger partial charge in [-0.25, -0.2) is 0 Å². The smallest absolute Gasteiger partial charge is 0.122 e. The quantitative estimate of drug-likeness (QED) is 0.739. The summed E-state index contributed by atoms with van der Waals surface area (Å²) in [7, 11) is 1.78. The Morgan fingerprint density at radius 1 is 1.12 bits per heavy atom. The minimum absolute atomic E-state index is 0.461. The second kappa shape index (κ2) is 7.85. The third-order valence-corrected chi connectivity index (χ3v) is 5.36. The molecule has 128 valence electrons. The van der Waals surface area contributed by atoms with E-state index >= 15 is 0 Å². The van der Waals surface area contributed by atoms with Gasteiger partial charge in [-0.15, -0.1) is 0 Å². The van der Waals surface area contributed by atoms with Crippen LogP contribution in [0, 0.1) is 0 Å². The van der Waals surface area contributed by atoms with Crippen molar-refractivity contribution in [1.29, 1.82) is 0 Å². The first-order valence-corrected chi connectivity index (χ1v) is 9.20. The molecule has 0 unspecified atom stereocenters. The molecule has 0 aliphatic heterocycles. The van der Waals surface area contributed by atoms with E-state index in [1.54, 1.807) is 7.11 Å². The van der Waals surface area contributed by atoms with Crippen molar-refractivity contribution in [2.24, 2.45) is 0 Å². The number of ether oxygens (including phenoxy) is 1. The number of hydrogen-bond acceptors (Lipinski definition) is 2. The van der Waals surface area contributed by atoms with Gasteiger partial charge in [0.2, 0.25) is 0 Å². The SMILES string of the molecule is CCCN([C@H]1CCc2c(cccc2OC)C1)[C@H](C)c1ccccc1. The first-order valence-electron chi connectivity index (χ1n) is 9.20. The van der Waals surface area contributed by atoms with Crippen LogP contribution in [-0.2, 0) is 12.8 Å². The highest BCUT2D eigenvalue weighted by Crippen LogP contribution is 2.34. The van der Waals surface area contributed by atoms with Crippen molar-refractivity contribution in [3.05, 3.63) is 65.2 Å². The van der Waals surface area contributed by atoms with E-state index in [2.05, 4.69) is 67.3 Å². The Hall–Kier alpha value is -1.80. The molecule has 2 aromatic carbocycles.